The first-order chi connectivity index (χ1) is 11.5. The predicted molar refractivity (Wildman–Crippen MR) is 98.7 cm³/mol. The summed E-state index contributed by atoms with van der Waals surface area (Å²) in [4.78, 5) is 28.1. The van der Waals surface area contributed by atoms with E-state index in [1.54, 1.807) is 19.3 Å². The second-order valence-corrected chi connectivity index (χ2v) is 6.72. The molecule has 0 radical (unpaired) electrons. The molecule has 0 fully saturated rings. The molecule has 0 saturated carbocycles. The minimum atomic E-state index is -0.405. The van der Waals surface area contributed by atoms with E-state index < -0.39 is 5.97 Å². The third-order valence-electron chi connectivity index (χ3n) is 4.25. The van der Waals surface area contributed by atoms with Crippen LogP contribution in [0.25, 0.3) is 0 Å². The molecule has 2 aromatic rings. The number of amides is 1. The number of nitrogens with one attached hydrogen (secondary N) is 1. The van der Waals surface area contributed by atoms with Crippen molar-refractivity contribution in [2.45, 2.75) is 19.9 Å². The lowest BCUT2D eigenvalue weighted by Crippen LogP contribution is -2.30. The van der Waals surface area contributed by atoms with Gasteiger partial charge < -0.3 is 10.1 Å². The van der Waals surface area contributed by atoms with Gasteiger partial charge in [-0.15, -0.1) is 23.7 Å². The molecule has 9 heteroatoms. The maximum atomic E-state index is 12.5. The van der Waals surface area contributed by atoms with Crippen LogP contribution in [0.3, 0.4) is 0 Å². The number of aryl methyl sites for hydroxylation is 1. The van der Waals surface area contributed by atoms with Crippen molar-refractivity contribution in [2.24, 2.45) is 7.05 Å². The first kappa shape index (κ1) is 19.4. The van der Waals surface area contributed by atoms with Crippen molar-refractivity contribution in [3.63, 3.8) is 0 Å². The van der Waals surface area contributed by atoms with Crippen LogP contribution in [-0.4, -0.2) is 46.8 Å². The van der Waals surface area contributed by atoms with Crippen molar-refractivity contribution >= 4 is 40.6 Å². The Morgan fingerprint density at radius 2 is 2.20 bits per heavy atom. The van der Waals surface area contributed by atoms with Gasteiger partial charge in [-0.25, -0.2) is 4.79 Å². The van der Waals surface area contributed by atoms with Gasteiger partial charge in [0.2, 0.25) is 0 Å². The van der Waals surface area contributed by atoms with Crippen LogP contribution in [0.1, 0.15) is 38.2 Å². The number of aromatic nitrogens is 2. The van der Waals surface area contributed by atoms with Crippen LogP contribution in [-0.2, 0) is 24.8 Å². The van der Waals surface area contributed by atoms with Crippen molar-refractivity contribution in [2.75, 3.05) is 25.5 Å². The number of carbonyl (C=O) groups is 2. The van der Waals surface area contributed by atoms with E-state index in [0.29, 0.717) is 16.3 Å². The number of ether oxygens (including phenoxy) is 1. The fourth-order valence-corrected chi connectivity index (χ4v) is 4.17. The van der Waals surface area contributed by atoms with Crippen LogP contribution in [0, 0.1) is 0 Å². The Morgan fingerprint density at radius 3 is 2.80 bits per heavy atom. The molecule has 0 spiro atoms. The highest BCUT2D eigenvalue weighted by molar-refractivity contribution is 7.17. The van der Waals surface area contributed by atoms with Crippen LogP contribution in [0.4, 0.5) is 5.00 Å². The van der Waals surface area contributed by atoms with E-state index in [9.17, 15) is 9.59 Å². The molecule has 0 aromatic carbocycles. The number of hydrogen-bond donors (Lipinski definition) is 1. The summed E-state index contributed by atoms with van der Waals surface area (Å²) in [6.07, 6.45) is 2.35. The Labute approximate surface area is 156 Å². The molecule has 0 aliphatic carbocycles. The fraction of sp³-hybridized carbons (Fsp3) is 0.438. The lowest BCUT2D eigenvalue weighted by Gasteiger charge is -2.25. The zero-order chi connectivity index (χ0) is 17.3. The van der Waals surface area contributed by atoms with Crippen LogP contribution in [0.2, 0.25) is 0 Å². The van der Waals surface area contributed by atoms with Crippen molar-refractivity contribution in [1.82, 2.24) is 14.7 Å². The average molecular weight is 385 g/mol. The van der Waals surface area contributed by atoms with E-state index in [0.717, 1.165) is 36.5 Å². The van der Waals surface area contributed by atoms with Gasteiger partial charge in [-0.05, 0) is 24.6 Å². The van der Waals surface area contributed by atoms with E-state index in [-0.39, 0.29) is 18.3 Å². The third-order valence-corrected chi connectivity index (χ3v) is 5.39. The Hall–Kier alpha value is -1.90. The maximum Gasteiger partial charge on any atom is 0.341 e. The summed E-state index contributed by atoms with van der Waals surface area (Å²) in [5.74, 6) is -0.691. The minimum Gasteiger partial charge on any atom is -0.465 e. The number of fused-ring (bicyclic) bond motifs is 1. The van der Waals surface area contributed by atoms with Gasteiger partial charge in [0.25, 0.3) is 5.91 Å². The summed E-state index contributed by atoms with van der Waals surface area (Å²) in [6.45, 7) is 4.77. The van der Waals surface area contributed by atoms with Gasteiger partial charge in [0, 0.05) is 31.2 Å². The van der Waals surface area contributed by atoms with Gasteiger partial charge >= 0.3 is 5.97 Å². The SMILES string of the molecule is CCN1CCc2c(sc(NC(=O)c3ccnn3C)c2C(=O)OC)C1.Cl. The average Bonchev–Trinajstić information content (AvgIpc) is 3.16. The number of carbonyl (C=O) groups excluding carboxylic acids is 2. The molecule has 136 valence electrons. The molecule has 0 saturated heterocycles. The van der Waals surface area contributed by atoms with Gasteiger partial charge in [-0.1, -0.05) is 6.92 Å². The first-order valence-electron chi connectivity index (χ1n) is 7.79. The summed E-state index contributed by atoms with van der Waals surface area (Å²) >= 11 is 1.45. The summed E-state index contributed by atoms with van der Waals surface area (Å²) in [6, 6.07) is 1.64. The molecule has 2 aromatic heterocycles. The molecule has 7 nitrogen and oxygen atoms in total. The molecule has 1 N–H and O–H groups in total. The number of likely N-dealkylation sites (N-methyl/N-ethyl adjacent to an activating group) is 1. The number of nitrogens with zero attached hydrogens (tertiary/aromatic N) is 3. The van der Waals surface area contributed by atoms with Gasteiger partial charge in [0.15, 0.2) is 0 Å². The van der Waals surface area contributed by atoms with Crippen LogP contribution in [0.15, 0.2) is 12.3 Å². The van der Waals surface area contributed by atoms with Crippen molar-refractivity contribution in [3.8, 4) is 0 Å². The number of rotatable bonds is 4. The summed E-state index contributed by atoms with van der Waals surface area (Å²) in [7, 11) is 3.06. The van der Waals surface area contributed by atoms with Crippen molar-refractivity contribution in [3.05, 3.63) is 34.0 Å². The lowest BCUT2D eigenvalue weighted by molar-refractivity contribution is 0.0600. The number of hydrogen-bond acceptors (Lipinski definition) is 6. The Kier molecular flexibility index (Phi) is 6.21. The fourth-order valence-electron chi connectivity index (χ4n) is 2.90. The molecule has 0 atom stereocenters. The standard InChI is InChI=1S/C16H20N4O3S.ClH/c1-4-20-8-6-10-12(9-20)24-15(13(10)16(22)23-3)18-14(21)11-5-7-17-19(11)2;/h5,7H,4,6,8-9H2,1-3H3,(H,18,21);1H. The number of anilines is 1. The Balaban J connectivity index is 0.00000225. The molecule has 25 heavy (non-hydrogen) atoms. The first-order valence-corrected chi connectivity index (χ1v) is 8.61. The van der Waals surface area contributed by atoms with Gasteiger partial charge in [0.1, 0.15) is 10.7 Å². The summed E-state index contributed by atoms with van der Waals surface area (Å²) < 4.78 is 6.44. The second kappa shape index (κ2) is 7.99. The third kappa shape index (κ3) is 3.70. The number of methoxy groups -OCH3 is 1. The highest BCUT2D eigenvalue weighted by Gasteiger charge is 2.29. The van der Waals surface area contributed by atoms with Crippen LogP contribution >= 0.6 is 23.7 Å². The number of esters is 1. The largest absolute Gasteiger partial charge is 0.465 e. The van der Waals surface area contributed by atoms with Crippen LogP contribution < -0.4 is 5.32 Å². The minimum absolute atomic E-state index is 0. The number of thiophene rings is 1. The Morgan fingerprint density at radius 1 is 1.44 bits per heavy atom. The predicted octanol–water partition coefficient (Wildman–Crippen LogP) is 2.32. The molecule has 1 amide bonds. The molecular weight excluding hydrogens is 364 g/mol. The van der Waals surface area contributed by atoms with Crippen LogP contribution in [0.5, 0.6) is 0 Å². The molecule has 1 aliphatic rings. The van der Waals surface area contributed by atoms with Gasteiger partial charge in [-0.2, -0.15) is 5.10 Å². The molecule has 3 heterocycles. The Bertz CT molecular complexity index is 786. The van der Waals surface area contributed by atoms with E-state index in [2.05, 4.69) is 22.2 Å². The van der Waals surface area contributed by atoms with Gasteiger partial charge in [0.05, 0.1) is 12.7 Å². The second-order valence-electron chi connectivity index (χ2n) is 5.61. The van der Waals surface area contributed by atoms with E-state index in [4.69, 9.17) is 4.74 Å². The monoisotopic (exact) mass is 384 g/mol. The highest BCUT2D eigenvalue weighted by Crippen LogP contribution is 2.37. The molecule has 0 unspecified atom stereocenters. The smallest absolute Gasteiger partial charge is 0.341 e. The quantitative estimate of drug-likeness (QED) is 0.818. The van der Waals surface area contributed by atoms with Crippen molar-refractivity contribution in [1.29, 1.82) is 0 Å². The lowest BCUT2D eigenvalue weighted by atomic mass is 10.0. The van der Waals surface area contributed by atoms with E-state index in [1.807, 2.05) is 0 Å². The van der Waals surface area contributed by atoms with E-state index in [1.165, 1.54) is 23.1 Å². The van der Waals surface area contributed by atoms with E-state index >= 15 is 0 Å². The van der Waals surface area contributed by atoms with Gasteiger partial charge in [-0.3, -0.25) is 14.4 Å². The zero-order valence-electron chi connectivity index (χ0n) is 14.4. The normalized spacial score (nSPS) is 13.7. The topological polar surface area (TPSA) is 76.5 Å². The molecular formula is C16H21ClN4O3S. The zero-order valence-corrected chi connectivity index (χ0v) is 16.0. The summed E-state index contributed by atoms with van der Waals surface area (Å²) in [5, 5.41) is 7.41. The molecule has 3 rings (SSSR count). The molecule has 1 aliphatic heterocycles. The highest BCUT2D eigenvalue weighted by atomic mass is 35.5. The summed E-state index contributed by atoms with van der Waals surface area (Å²) in [5.41, 5.74) is 1.92. The maximum absolute atomic E-state index is 12.5. The van der Waals surface area contributed by atoms with Crippen molar-refractivity contribution < 1.29 is 14.3 Å². The molecule has 0 bridgehead atoms. The number of halogens is 1.